The Bertz CT molecular complexity index is 286. The molecule has 0 fully saturated rings. The zero-order valence-corrected chi connectivity index (χ0v) is 8.95. The van der Waals surface area contributed by atoms with Crippen LogP contribution in [0.5, 0.6) is 0 Å². The molecule has 1 aromatic rings. The topological polar surface area (TPSA) is 54.9 Å². The Balaban J connectivity index is 2.61. The van der Waals surface area contributed by atoms with Gasteiger partial charge in [-0.05, 0) is 25.4 Å². The molecule has 0 aliphatic rings. The van der Waals surface area contributed by atoms with Gasteiger partial charge in [-0.1, -0.05) is 4.49 Å². The van der Waals surface area contributed by atoms with Crippen LogP contribution in [0.4, 0.5) is 0 Å². The van der Waals surface area contributed by atoms with Crippen molar-refractivity contribution in [1.82, 2.24) is 14.9 Å². The van der Waals surface area contributed by atoms with Gasteiger partial charge in [-0.15, -0.1) is 16.7 Å². The highest BCUT2D eigenvalue weighted by Gasteiger charge is 2.20. The van der Waals surface area contributed by atoms with E-state index < -0.39 is 5.54 Å². The van der Waals surface area contributed by atoms with Crippen LogP contribution in [0.25, 0.3) is 0 Å². The summed E-state index contributed by atoms with van der Waals surface area (Å²) in [6, 6.07) is 0. The summed E-state index contributed by atoms with van der Waals surface area (Å²) in [7, 11) is 0. The molecule has 72 valence electrons. The Morgan fingerprint density at radius 3 is 2.92 bits per heavy atom. The van der Waals surface area contributed by atoms with Gasteiger partial charge in [-0.25, -0.2) is 0 Å². The standard InChI is InChI=1S/C7H10ClN3OS/c1-7(2,4-8)10-6(12)5-3-9-11-13-5/h3H,4H2,1-2H3,(H,10,12). The highest BCUT2D eigenvalue weighted by atomic mass is 35.5. The third-order valence-electron chi connectivity index (χ3n) is 1.37. The second-order valence-electron chi connectivity index (χ2n) is 3.25. The smallest absolute Gasteiger partial charge is 0.265 e. The van der Waals surface area contributed by atoms with Gasteiger partial charge in [0.15, 0.2) is 0 Å². The van der Waals surface area contributed by atoms with Gasteiger partial charge in [0.05, 0.1) is 6.20 Å². The molecular weight excluding hydrogens is 210 g/mol. The lowest BCUT2D eigenvalue weighted by molar-refractivity contribution is 0.0924. The number of hydrogen-bond donors (Lipinski definition) is 1. The summed E-state index contributed by atoms with van der Waals surface area (Å²) in [5, 5.41) is 6.34. The van der Waals surface area contributed by atoms with E-state index in [0.717, 1.165) is 11.5 Å². The maximum absolute atomic E-state index is 11.4. The lowest BCUT2D eigenvalue weighted by Gasteiger charge is -2.22. The molecule has 1 amide bonds. The summed E-state index contributed by atoms with van der Waals surface area (Å²) >= 11 is 6.72. The van der Waals surface area contributed by atoms with Gasteiger partial charge in [0.1, 0.15) is 4.88 Å². The Kier molecular flexibility index (Phi) is 3.22. The van der Waals surface area contributed by atoms with Crippen LogP contribution in [-0.4, -0.2) is 26.9 Å². The minimum absolute atomic E-state index is 0.180. The molecule has 6 heteroatoms. The largest absolute Gasteiger partial charge is 0.345 e. The second kappa shape index (κ2) is 4.02. The molecule has 1 aromatic heterocycles. The number of alkyl halides is 1. The van der Waals surface area contributed by atoms with Gasteiger partial charge in [0.2, 0.25) is 0 Å². The third kappa shape index (κ3) is 2.93. The lowest BCUT2D eigenvalue weighted by Crippen LogP contribution is -2.44. The van der Waals surface area contributed by atoms with Gasteiger partial charge in [0, 0.05) is 11.4 Å². The fraction of sp³-hybridized carbons (Fsp3) is 0.571. The Hall–Kier alpha value is -0.680. The highest BCUT2D eigenvalue weighted by molar-refractivity contribution is 7.07. The van der Waals surface area contributed by atoms with Crippen LogP contribution in [0, 0.1) is 0 Å². The van der Waals surface area contributed by atoms with Crippen LogP contribution < -0.4 is 5.32 Å². The molecule has 1 heterocycles. The highest BCUT2D eigenvalue weighted by Crippen LogP contribution is 2.08. The minimum Gasteiger partial charge on any atom is -0.345 e. The fourth-order valence-corrected chi connectivity index (χ4v) is 1.15. The van der Waals surface area contributed by atoms with E-state index in [2.05, 4.69) is 14.9 Å². The van der Waals surface area contributed by atoms with Crippen LogP contribution in [-0.2, 0) is 0 Å². The number of rotatable bonds is 3. The van der Waals surface area contributed by atoms with Gasteiger partial charge in [-0.3, -0.25) is 4.79 Å². The van der Waals surface area contributed by atoms with E-state index >= 15 is 0 Å². The van der Waals surface area contributed by atoms with Gasteiger partial charge < -0.3 is 5.32 Å². The molecule has 0 bridgehead atoms. The van der Waals surface area contributed by atoms with Crippen molar-refractivity contribution < 1.29 is 4.79 Å². The quantitative estimate of drug-likeness (QED) is 0.780. The molecule has 4 nitrogen and oxygen atoms in total. The predicted molar refractivity (Wildman–Crippen MR) is 52.2 cm³/mol. The molecule has 0 unspecified atom stereocenters. The third-order valence-corrected chi connectivity index (χ3v) is 2.70. The summed E-state index contributed by atoms with van der Waals surface area (Å²) in [5.74, 6) is 0.186. The summed E-state index contributed by atoms with van der Waals surface area (Å²) < 4.78 is 3.60. The van der Waals surface area contributed by atoms with Crippen molar-refractivity contribution in [1.29, 1.82) is 0 Å². The average molecular weight is 220 g/mol. The molecule has 0 spiro atoms. The van der Waals surface area contributed by atoms with Gasteiger partial charge in [0.25, 0.3) is 5.91 Å². The van der Waals surface area contributed by atoms with E-state index in [1.807, 2.05) is 13.8 Å². The number of amides is 1. The molecule has 0 aromatic carbocycles. The Labute approximate surface area is 85.5 Å². The zero-order valence-electron chi connectivity index (χ0n) is 7.37. The minimum atomic E-state index is -0.400. The van der Waals surface area contributed by atoms with E-state index in [0.29, 0.717) is 10.8 Å². The first-order valence-electron chi connectivity index (χ1n) is 3.71. The predicted octanol–water partition coefficient (Wildman–Crippen LogP) is 1.29. The molecule has 0 atom stereocenters. The summed E-state index contributed by atoms with van der Waals surface area (Å²) in [6.45, 7) is 3.71. The molecule has 0 saturated carbocycles. The summed E-state index contributed by atoms with van der Waals surface area (Å²) in [4.78, 5) is 11.9. The number of aromatic nitrogens is 2. The summed E-state index contributed by atoms with van der Waals surface area (Å²) in [5.41, 5.74) is -0.400. The first-order chi connectivity index (χ1) is 6.05. The molecular formula is C7H10ClN3OS. The molecule has 0 saturated heterocycles. The van der Waals surface area contributed by atoms with Crippen molar-refractivity contribution in [2.45, 2.75) is 19.4 Å². The van der Waals surface area contributed by atoms with Crippen molar-refractivity contribution in [2.75, 3.05) is 5.88 Å². The van der Waals surface area contributed by atoms with E-state index in [4.69, 9.17) is 11.6 Å². The average Bonchev–Trinajstić information content (AvgIpc) is 2.55. The van der Waals surface area contributed by atoms with Crippen molar-refractivity contribution >= 4 is 29.0 Å². The van der Waals surface area contributed by atoms with Crippen LogP contribution >= 0.6 is 23.1 Å². The lowest BCUT2D eigenvalue weighted by atomic mass is 10.1. The number of carbonyl (C=O) groups excluding carboxylic acids is 1. The maximum Gasteiger partial charge on any atom is 0.265 e. The monoisotopic (exact) mass is 219 g/mol. The number of halogens is 1. The number of nitrogens with one attached hydrogen (secondary N) is 1. The zero-order chi connectivity index (χ0) is 9.90. The van der Waals surface area contributed by atoms with Crippen molar-refractivity contribution in [3.05, 3.63) is 11.1 Å². The number of nitrogens with zero attached hydrogens (tertiary/aromatic N) is 2. The van der Waals surface area contributed by atoms with E-state index in [9.17, 15) is 4.79 Å². The fourth-order valence-electron chi connectivity index (χ4n) is 0.670. The number of hydrogen-bond acceptors (Lipinski definition) is 4. The second-order valence-corrected chi connectivity index (χ2v) is 4.31. The molecule has 0 aliphatic heterocycles. The normalized spacial score (nSPS) is 11.3. The van der Waals surface area contributed by atoms with Gasteiger partial charge >= 0.3 is 0 Å². The molecule has 1 rings (SSSR count). The van der Waals surface area contributed by atoms with Crippen LogP contribution in [0.2, 0.25) is 0 Å². The van der Waals surface area contributed by atoms with Crippen LogP contribution in [0.1, 0.15) is 23.5 Å². The molecule has 0 aliphatic carbocycles. The molecule has 1 N–H and O–H groups in total. The van der Waals surface area contributed by atoms with Crippen molar-refractivity contribution in [2.24, 2.45) is 0 Å². The van der Waals surface area contributed by atoms with Crippen molar-refractivity contribution in [3.8, 4) is 0 Å². The van der Waals surface area contributed by atoms with Crippen LogP contribution in [0.3, 0.4) is 0 Å². The molecule has 13 heavy (non-hydrogen) atoms. The first kappa shape index (κ1) is 10.4. The van der Waals surface area contributed by atoms with E-state index in [1.54, 1.807) is 0 Å². The SMILES string of the molecule is CC(C)(CCl)NC(=O)c1cnns1. The number of carbonyl (C=O) groups is 1. The summed E-state index contributed by atoms with van der Waals surface area (Å²) in [6.07, 6.45) is 1.43. The Morgan fingerprint density at radius 1 is 1.77 bits per heavy atom. The molecule has 0 radical (unpaired) electrons. The van der Waals surface area contributed by atoms with Crippen LogP contribution in [0.15, 0.2) is 6.20 Å². The van der Waals surface area contributed by atoms with E-state index in [-0.39, 0.29) is 5.91 Å². The van der Waals surface area contributed by atoms with Crippen molar-refractivity contribution in [3.63, 3.8) is 0 Å². The van der Waals surface area contributed by atoms with Gasteiger partial charge in [-0.2, -0.15) is 0 Å². The maximum atomic E-state index is 11.4. The Morgan fingerprint density at radius 2 is 2.46 bits per heavy atom. The van der Waals surface area contributed by atoms with E-state index in [1.165, 1.54) is 6.20 Å². The first-order valence-corrected chi connectivity index (χ1v) is 5.02.